The first-order valence-corrected chi connectivity index (χ1v) is 19.7. The van der Waals surface area contributed by atoms with Gasteiger partial charge in [-0.05, 0) is 50.2 Å². The third-order valence-electron chi connectivity index (χ3n) is 9.62. The van der Waals surface area contributed by atoms with E-state index >= 15 is 0 Å². The smallest absolute Gasteiger partial charge is 0.306 e. The molecule has 2 aliphatic heterocycles. The quantitative estimate of drug-likeness (QED) is 0.0844. The van der Waals surface area contributed by atoms with Crippen molar-refractivity contribution in [3.05, 3.63) is 42.2 Å². The number of nitrogens with one attached hydrogen (secondary N) is 1. The van der Waals surface area contributed by atoms with E-state index in [1.165, 1.54) is 58.5 Å². The van der Waals surface area contributed by atoms with Gasteiger partial charge in [-0.1, -0.05) is 110 Å². The van der Waals surface area contributed by atoms with Gasteiger partial charge in [-0.15, -0.1) is 0 Å². The molecule has 0 radical (unpaired) electrons. The highest BCUT2D eigenvalue weighted by atomic mass is 16.7. The zero-order chi connectivity index (χ0) is 38.1. The third-order valence-corrected chi connectivity index (χ3v) is 9.62. The highest BCUT2D eigenvalue weighted by Gasteiger charge is 2.48. The molecule has 0 aliphatic carbocycles. The van der Waals surface area contributed by atoms with Gasteiger partial charge in [0.15, 0.2) is 11.9 Å². The lowest BCUT2D eigenvalue weighted by Crippen LogP contribution is -2.62. The monoisotopic (exact) mass is 729 g/mol. The number of unbranched alkanes of at least 4 members (excludes halogenated alkanes) is 10. The van der Waals surface area contributed by atoms with Crippen LogP contribution in [0.1, 0.15) is 137 Å². The summed E-state index contributed by atoms with van der Waals surface area (Å²) in [7, 11) is 1.37. The van der Waals surface area contributed by atoms with E-state index < -0.39 is 48.3 Å². The van der Waals surface area contributed by atoms with Crippen molar-refractivity contribution in [2.45, 2.75) is 180 Å². The first-order chi connectivity index (χ1) is 24.7. The number of carbonyl (C=O) groups is 3. The van der Waals surface area contributed by atoms with E-state index in [0.717, 1.165) is 24.8 Å². The van der Waals surface area contributed by atoms with Gasteiger partial charge in [-0.2, -0.15) is 0 Å². The second-order valence-electron chi connectivity index (χ2n) is 16.1. The first kappa shape index (κ1) is 43.5. The Labute approximate surface area is 312 Å². The number of methoxy groups -OCH3 is 1. The number of nitrogens with zero attached hydrogens (tertiary/aromatic N) is 2. The van der Waals surface area contributed by atoms with Crippen molar-refractivity contribution in [2.24, 2.45) is 5.41 Å². The standard InChI is InChI=1S/C41H67N3O8/c1-8-9-10-11-12-13-14-15-16-17-18-21-34(45)50-31-22-23-32(39(48)44(29-31)28-30-20-19-26-42-27-30)43-38(47)37(49-7)36-35(46)33(24-25-40(2,3)4)51-41(5,6)52-36/h19-20,24-27,31-33,35-37,46H,8-18,21-23,28-29H2,1-7H3,(H,43,47)/t31-,32+,33-,35-,36-,37-/m1/s1. The molecule has 6 atom stereocenters. The summed E-state index contributed by atoms with van der Waals surface area (Å²) in [5.74, 6) is -2.26. The topological polar surface area (TPSA) is 137 Å². The summed E-state index contributed by atoms with van der Waals surface area (Å²) in [5, 5.41) is 14.2. The van der Waals surface area contributed by atoms with E-state index in [2.05, 4.69) is 17.2 Å². The average Bonchev–Trinajstić information content (AvgIpc) is 3.22. The van der Waals surface area contributed by atoms with Gasteiger partial charge in [0.1, 0.15) is 30.5 Å². The molecule has 0 bridgehead atoms. The zero-order valence-electron chi connectivity index (χ0n) is 32.9. The van der Waals surface area contributed by atoms with Crippen molar-refractivity contribution >= 4 is 17.8 Å². The van der Waals surface area contributed by atoms with Crippen molar-refractivity contribution < 1.29 is 38.4 Å². The summed E-state index contributed by atoms with van der Waals surface area (Å²) in [6, 6.07) is 2.78. The molecule has 1 aromatic heterocycles. The predicted molar refractivity (Wildman–Crippen MR) is 201 cm³/mol. The molecular weight excluding hydrogens is 662 g/mol. The Hall–Kier alpha value is -2.86. The average molecular weight is 730 g/mol. The van der Waals surface area contributed by atoms with Crippen molar-refractivity contribution in [3.63, 3.8) is 0 Å². The molecule has 2 amide bonds. The second-order valence-corrected chi connectivity index (χ2v) is 16.1. The fourth-order valence-corrected chi connectivity index (χ4v) is 6.82. The fraction of sp³-hybridized carbons (Fsp3) is 0.756. The number of likely N-dealkylation sites (tertiary alicyclic amines) is 1. The van der Waals surface area contributed by atoms with Gasteiger partial charge in [0.05, 0.1) is 6.54 Å². The van der Waals surface area contributed by atoms with Crippen LogP contribution in [0.25, 0.3) is 0 Å². The Morgan fingerprint density at radius 3 is 2.31 bits per heavy atom. The summed E-state index contributed by atoms with van der Waals surface area (Å²) >= 11 is 0. The van der Waals surface area contributed by atoms with Gasteiger partial charge in [-0.3, -0.25) is 19.4 Å². The van der Waals surface area contributed by atoms with E-state index in [1.54, 1.807) is 43.3 Å². The van der Waals surface area contributed by atoms with Crippen LogP contribution in [0.3, 0.4) is 0 Å². The highest BCUT2D eigenvalue weighted by molar-refractivity contribution is 5.90. The number of aromatic nitrogens is 1. The van der Waals surface area contributed by atoms with Crippen LogP contribution >= 0.6 is 0 Å². The third kappa shape index (κ3) is 15.2. The van der Waals surface area contributed by atoms with Crippen LogP contribution in [0.15, 0.2) is 36.7 Å². The lowest BCUT2D eigenvalue weighted by atomic mass is 9.93. The normalized spacial score (nSPS) is 24.4. The van der Waals surface area contributed by atoms with E-state index in [9.17, 15) is 19.5 Å². The minimum Gasteiger partial charge on any atom is -0.460 e. The molecule has 2 aliphatic rings. The fourth-order valence-electron chi connectivity index (χ4n) is 6.82. The number of ether oxygens (including phenoxy) is 4. The maximum Gasteiger partial charge on any atom is 0.306 e. The molecule has 11 heteroatoms. The number of aliphatic hydroxyl groups excluding tert-OH is 1. The summed E-state index contributed by atoms with van der Waals surface area (Å²) in [4.78, 5) is 46.6. The highest BCUT2D eigenvalue weighted by Crippen LogP contribution is 2.32. The predicted octanol–water partition coefficient (Wildman–Crippen LogP) is 6.80. The Kier molecular flexibility index (Phi) is 18.2. The summed E-state index contributed by atoms with van der Waals surface area (Å²) in [5.41, 5.74) is 0.665. The van der Waals surface area contributed by atoms with Gasteiger partial charge in [0.25, 0.3) is 5.91 Å². The summed E-state index contributed by atoms with van der Waals surface area (Å²) < 4.78 is 23.6. The number of hydrogen-bond acceptors (Lipinski definition) is 9. The van der Waals surface area contributed by atoms with Crippen LogP contribution in [0.2, 0.25) is 0 Å². The molecule has 0 aromatic carbocycles. The van der Waals surface area contributed by atoms with Gasteiger partial charge >= 0.3 is 5.97 Å². The molecule has 52 heavy (non-hydrogen) atoms. The van der Waals surface area contributed by atoms with Crippen LogP contribution in [0, 0.1) is 5.41 Å². The largest absolute Gasteiger partial charge is 0.460 e. The van der Waals surface area contributed by atoms with Crippen molar-refractivity contribution in [3.8, 4) is 0 Å². The number of allylic oxidation sites excluding steroid dienone is 1. The molecule has 2 N–H and O–H groups in total. The molecule has 3 heterocycles. The van der Waals surface area contributed by atoms with Crippen LogP contribution in [0.5, 0.6) is 0 Å². The number of hydrogen-bond donors (Lipinski definition) is 2. The Bertz CT molecular complexity index is 1250. The molecule has 1 aromatic rings. The van der Waals surface area contributed by atoms with E-state index in [-0.39, 0.29) is 36.8 Å². The van der Waals surface area contributed by atoms with E-state index in [1.807, 2.05) is 32.9 Å². The summed E-state index contributed by atoms with van der Waals surface area (Å²) in [6.45, 7) is 12.2. The van der Waals surface area contributed by atoms with E-state index in [0.29, 0.717) is 12.8 Å². The van der Waals surface area contributed by atoms with Crippen molar-refractivity contribution in [1.82, 2.24) is 15.2 Å². The van der Waals surface area contributed by atoms with Gasteiger partial charge < -0.3 is 34.3 Å². The van der Waals surface area contributed by atoms with Gasteiger partial charge in [0, 0.05) is 32.5 Å². The van der Waals surface area contributed by atoms with Crippen LogP contribution in [-0.2, 0) is 39.9 Å². The molecule has 11 nitrogen and oxygen atoms in total. The summed E-state index contributed by atoms with van der Waals surface area (Å²) in [6.07, 6.45) is 16.5. The molecule has 0 unspecified atom stereocenters. The number of carbonyl (C=O) groups excluding carboxylic acids is 3. The number of rotatable bonds is 20. The molecule has 2 fully saturated rings. The minimum absolute atomic E-state index is 0.153. The van der Waals surface area contributed by atoms with Gasteiger partial charge in [0.2, 0.25) is 5.91 Å². The number of amides is 2. The molecule has 0 spiro atoms. The van der Waals surface area contributed by atoms with Crippen LogP contribution in [0.4, 0.5) is 0 Å². The number of aliphatic hydroxyl groups is 1. The lowest BCUT2D eigenvalue weighted by Gasteiger charge is -2.45. The molecule has 2 saturated heterocycles. The Morgan fingerprint density at radius 1 is 1.06 bits per heavy atom. The van der Waals surface area contributed by atoms with Crippen molar-refractivity contribution in [2.75, 3.05) is 13.7 Å². The molecule has 3 rings (SSSR count). The van der Waals surface area contributed by atoms with Crippen LogP contribution < -0.4 is 5.32 Å². The maximum atomic E-state index is 14.0. The van der Waals surface area contributed by atoms with E-state index in [4.69, 9.17) is 18.9 Å². The first-order valence-electron chi connectivity index (χ1n) is 19.7. The second kappa shape index (κ2) is 21.7. The molecular formula is C41H67N3O8. The molecule has 294 valence electrons. The maximum absolute atomic E-state index is 14.0. The van der Waals surface area contributed by atoms with Crippen molar-refractivity contribution in [1.29, 1.82) is 0 Å². The molecule has 0 saturated carbocycles. The Balaban J connectivity index is 1.61. The van der Waals surface area contributed by atoms with Gasteiger partial charge in [-0.25, -0.2) is 0 Å². The lowest BCUT2D eigenvalue weighted by molar-refractivity contribution is -0.334. The number of pyridine rings is 1. The Morgan fingerprint density at radius 2 is 1.71 bits per heavy atom. The minimum atomic E-state index is -1.23. The SMILES string of the molecule is CCCCCCCCCCCCCC(=O)O[C@@H]1CC[C@H](NC(=O)[C@H](OC)[C@@H]2OC(C)(C)O[C@H](C=CC(C)(C)C)[C@H]2O)C(=O)N(Cc2cccnc2)C1. The van der Waals surface area contributed by atoms with Crippen LogP contribution in [-0.4, -0.2) is 88.8 Å². The zero-order valence-corrected chi connectivity index (χ0v) is 32.9. The number of esters is 1.